The summed E-state index contributed by atoms with van der Waals surface area (Å²) >= 11 is 0. The fourth-order valence-corrected chi connectivity index (χ4v) is 2.03. The van der Waals surface area contributed by atoms with E-state index >= 15 is 0 Å². The normalized spacial score (nSPS) is 11.2. The maximum Gasteiger partial charge on any atom is 0.256 e. The van der Waals surface area contributed by atoms with Gasteiger partial charge in [-0.3, -0.25) is 4.79 Å². The number of rotatable bonds is 0. The Hall–Kier alpha value is -2.56. The summed E-state index contributed by atoms with van der Waals surface area (Å²) in [5, 5.41) is 19.9. The molecule has 1 aromatic heterocycles. The number of phenolic OH excluding ortho intramolecular Hbond substituents is 2. The molecule has 0 saturated carbocycles. The first-order valence-corrected chi connectivity index (χ1v) is 5.23. The van der Waals surface area contributed by atoms with Crippen LogP contribution in [0.1, 0.15) is 0 Å². The minimum absolute atomic E-state index is 0.0356. The van der Waals surface area contributed by atoms with Crippen LogP contribution in [-0.4, -0.2) is 15.2 Å². The lowest BCUT2D eigenvalue weighted by Gasteiger charge is -2.05. The van der Waals surface area contributed by atoms with Gasteiger partial charge in [0.25, 0.3) is 5.56 Å². The van der Waals surface area contributed by atoms with E-state index in [4.69, 9.17) is 0 Å². The fraction of sp³-hybridized carbons (Fsp3) is 0. The van der Waals surface area contributed by atoms with Crippen LogP contribution in [0.25, 0.3) is 21.7 Å². The van der Waals surface area contributed by atoms with Crippen molar-refractivity contribution in [2.75, 3.05) is 0 Å². The van der Waals surface area contributed by atoms with Gasteiger partial charge in [0.15, 0.2) is 11.6 Å². The maximum absolute atomic E-state index is 13.4. The molecular weight excluding hydrogens is 237 g/mol. The third-order valence-corrected chi connectivity index (χ3v) is 2.87. The lowest BCUT2D eigenvalue weighted by atomic mass is 10.1. The maximum atomic E-state index is 13.4. The summed E-state index contributed by atoms with van der Waals surface area (Å²) < 4.78 is 13.4. The minimum atomic E-state index is -0.760. The largest absolute Gasteiger partial charge is 0.508 e. The van der Waals surface area contributed by atoms with Gasteiger partial charge in [0.1, 0.15) is 5.75 Å². The Kier molecular flexibility index (Phi) is 2.04. The smallest absolute Gasteiger partial charge is 0.256 e. The van der Waals surface area contributed by atoms with Gasteiger partial charge in [-0.2, -0.15) is 0 Å². The van der Waals surface area contributed by atoms with E-state index in [1.54, 1.807) is 6.07 Å². The molecule has 0 fully saturated rings. The van der Waals surface area contributed by atoms with Gasteiger partial charge in [0.2, 0.25) is 0 Å². The molecule has 18 heavy (non-hydrogen) atoms. The monoisotopic (exact) mass is 245 g/mol. The molecule has 0 unspecified atom stereocenters. The number of aromatic amines is 1. The number of fused-ring (bicyclic) bond motifs is 3. The van der Waals surface area contributed by atoms with Crippen LogP contribution < -0.4 is 5.56 Å². The van der Waals surface area contributed by atoms with Crippen molar-refractivity contribution in [3.8, 4) is 11.5 Å². The molecule has 5 heteroatoms. The van der Waals surface area contributed by atoms with E-state index in [0.29, 0.717) is 16.3 Å². The SMILES string of the molecule is O=c1[nH]c2cc(O)c(F)cc2c2ccc(O)cc12. The molecular formula is C13H8FNO3. The Morgan fingerprint density at radius 2 is 1.78 bits per heavy atom. The van der Waals surface area contributed by atoms with Crippen LogP contribution in [0, 0.1) is 5.82 Å². The minimum Gasteiger partial charge on any atom is -0.508 e. The van der Waals surface area contributed by atoms with Crippen LogP contribution in [0.3, 0.4) is 0 Å². The summed E-state index contributed by atoms with van der Waals surface area (Å²) in [6.07, 6.45) is 0. The molecule has 3 aromatic rings. The van der Waals surface area contributed by atoms with Crippen molar-refractivity contribution in [1.29, 1.82) is 0 Å². The van der Waals surface area contributed by atoms with E-state index in [2.05, 4.69) is 4.98 Å². The Bertz CT molecular complexity index is 839. The molecule has 3 N–H and O–H groups in total. The molecule has 3 rings (SSSR count). The van der Waals surface area contributed by atoms with Crippen LogP contribution in [0.4, 0.5) is 4.39 Å². The predicted molar refractivity (Wildman–Crippen MR) is 65.4 cm³/mol. The van der Waals surface area contributed by atoms with Crippen molar-refractivity contribution in [1.82, 2.24) is 4.98 Å². The number of H-pyrrole nitrogens is 1. The van der Waals surface area contributed by atoms with Crippen molar-refractivity contribution < 1.29 is 14.6 Å². The molecule has 0 saturated heterocycles. The highest BCUT2D eigenvalue weighted by atomic mass is 19.1. The van der Waals surface area contributed by atoms with E-state index in [-0.39, 0.29) is 11.1 Å². The highest BCUT2D eigenvalue weighted by molar-refractivity contribution is 6.05. The molecule has 1 heterocycles. The number of hydrogen-bond donors (Lipinski definition) is 3. The number of hydrogen-bond acceptors (Lipinski definition) is 3. The molecule has 4 nitrogen and oxygen atoms in total. The summed E-state index contributed by atoms with van der Waals surface area (Å²) in [5.41, 5.74) is -0.0588. The Morgan fingerprint density at radius 3 is 2.56 bits per heavy atom. The molecule has 90 valence electrons. The average molecular weight is 245 g/mol. The fourth-order valence-electron chi connectivity index (χ4n) is 2.03. The van der Waals surface area contributed by atoms with Gasteiger partial charge in [0.05, 0.1) is 10.9 Å². The molecule has 0 aliphatic carbocycles. The molecule has 0 aliphatic rings. The Balaban J connectivity index is 2.60. The summed E-state index contributed by atoms with van der Waals surface area (Å²) in [6.45, 7) is 0. The van der Waals surface area contributed by atoms with E-state index in [1.165, 1.54) is 18.2 Å². The topological polar surface area (TPSA) is 73.3 Å². The second kappa shape index (κ2) is 3.46. The molecule has 0 radical (unpaired) electrons. The zero-order valence-electron chi connectivity index (χ0n) is 9.07. The van der Waals surface area contributed by atoms with Gasteiger partial charge in [0, 0.05) is 11.5 Å². The summed E-state index contributed by atoms with van der Waals surface area (Å²) in [7, 11) is 0. The average Bonchev–Trinajstić information content (AvgIpc) is 2.32. The third-order valence-electron chi connectivity index (χ3n) is 2.87. The van der Waals surface area contributed by atoms with Crippen LogP contribution in [0.15, 0.2) is 35.1 Å². The number of halogens is 1. The van der Waals surface area contributed by atoms with E-state index in [1.807, 2.05) is 0 Å². The summed E-state index contributed by atoms with van der Waals surface area (Å²) in [6, 6.07) is 6.60. The van der Waals surface area contributed by atoms with E-state index < -0.39 is 17.1 Å². The number of pyridine rings is 1. The number of aromatic hydroxyl groups is 2. The Labute approximate surface area is 99.9 Å². The molecule has 0 bridgehead atoms. The summed E-state index contributed by atoms with van der Waals surface area (Å²) in [5.74, 6) is -1.31. The first-order valence-electron chi connectivity index (χ1n) is 5.23. The lowest BCUT2D eigenvalue weighted by Crippen LogP contribution is -2.06. The number of aromatic nitrogens is 1. The molecule has 2 aromatic carbocycles. The molecule has 0 atom stereocenters. The van der Waals surface area contributed by atoms with Gasteiger partial charge in [-0.1, -0.05) is 0 Å². The molecule has 0 amide bonds. The van der Waals surface area contributed by atoms with Crippen LogP contribution in [0.5, 0.6) is 11.5 Å². The van der Waals surface area contributed by atoms with Crippen LogP contribution >= 0.6 is 0 Å². The quantitative estimate of drug-likeness (QED) is 0.532. The summed E-state index contributed by atoms with van der Waals surface area (Å²) in [4.78, 5) is 14.3. The predicted octanol–water partition coefficient (Wildman–Crippen LogP) is 2.23. The number of benzene rings is 2. The van der Waals surface area contributed by atoms with Crippen molar-refractivity contribution in [3.05, 3.63) is 46.5 Å². The first-order chi connectivity index (χ1) is 8.56. The van der Waals surface area contributed by atoms with E-state index in [0.717, 1.165) is 6.07 Å². The van der Waals surface area contributed by atoms with Crippen molar-refractivity contribution in [3.63, 3.8) is 0 Å². The highest BCUT2D eigenvalue weighted by Crippen LogP contribution is 2.28. The van der Waals surface area contributed by atoms with E-state index in [9.17, 15) is 19.4 Å². The van der Waals surface area contributed by atoms with Gasteiger partial charge in [-0.05, 0) is 29.7 Å². The number of phenols is 2. The second-order valence-corrected chi connectivity index (χ2v) is 4.03. The van der Waals surface area contributed by atoms with Gasteiger partial charge < -0.3 is 15.2 Å². The van der Waals surface area contributed by atoms with Gasteiger partial charge in [-0.25, -0.2) is 4.39 Å². The van der Waals surface area contributed by atoms with Crippen LogP contribution in [0.2, 0.25) is 0 Å². The van der Waals surface area contributed by atoms with Crippen LogP contribution in [-0.2, 0) is 0 Å². The molecule has 0 spiro atoms. The van der Waals surface area contributed by atoms with Gasteiger partial charge in [-0.15, -0.1) is 0 Å². The van der Waals surface area contributed by atoms with Gasteiger partial charge >= 0.3 is 0 Å². The lowest BCUT2D eigenvalue weighted by molar-refractivity contribution is 0.433. The van der Waals surface area contributed by atoms with Crippen molar-refractivity contribution in [2.24, 2.45) is 0 Å². The standard InChI is InChI=1S/C13H8FNO3/c14-10-4-8-7-2-1-6(16)3-9(7)13(18)15-11(8)5-12(10)17/h1-5,16-17H,(H,15,18). The number of nitrogens with one attached hydrogen (secondary N) is 1. The Morgan fingerprint density at radius 1 is 1.00 bits per heavy atom. The third kappa shape index (κ3) is 1.41. The van der Waals surface area contributed by atoms with Crippen molar-refractivity contribution in [2.45, 2.75) is 0 Å². The zero-order chi connectivity index (χ0) is 12.9. The second-order valence-electron chi connectivity index (χ2n) is 4.03. The first kappa shape index (κ1) is 10.6. The van der Waals surface area contributed by atoms with Crippen molar-refractivity contribution >= 4 is 21.7 Å². The molecule has 0 aliphatic heterocycles. The highest BCUT2D eigenvalue weighted by Gasteiger charge is 2.09. The zero-order valence-corrected chi connectivity index (χ0v) is 9.07.